The van der Waals surface area contributed by atoms with Crippen LogP contribution in [0.5, 0.6) is 0 Å². The number of nitrogens with one attached hydrogen (secondary N) is 1. The van der Waals surface area contributed by atoms with E-state index in [0.29, 0.717) is 11.8 Å². The molecule has 1 aliphatic rings. The van der Waals surface area contributed by atoms with Crippen molar-refractivity contribution in [3.05, 3.63) is 34.7 Å². The number of aryl methyl sites for hydroxylation is 1. The van der Waals surface area contributed by atoms with Crippen LogP contribution in [0, 0.1) is 6.92 Å². The smallest absolute Gasteiger partial charge is 0.158 e. The Kier molecular flexibility index (Phi) is 5.34. The van der Waals surface area contributed by atoms with Crippen molar-refractivity contribution in [1.29, 1.82) is 0 Å². The van der Waals surface area contributed by atoms with Crippen molar-refractivity contribution in [3.63, 3.8) is 0 Å². The number of aromatic amines is 1. The lowest BCUT2D eigenvalue weighted by molar-refractivity contribution is 0.190. The SMILES string of the molecule is CCN(C)C1CCC(c2nc3c(C(C)C)c(-c4cc(C)c5ncnn5c4)[nH]c3s2)CC1. The molecule has 4 aromatic heterocycles. The number of hydrogen-bond acceptors (Lipinski definition) is 5. The van der Waals surface area contributed by atoms with Gasteiger partial charge in [-0.25, -0.2) is 14.5 Å². The molecule has 0 saturated heterocycles. The van der Waals surface area contributed by atoms with E-state index in [-0.39, 0.29) is 0 Å². The lowest BCUT2D eigenvalue weighted by Crippen LogP contribution is -2.34. The Hall–Kier alpha value is -2.25. The maximum absolute atomic E-state index is 5.21. The Bertz CT molecular complexity index is 1210. The minimum absolute atomic E-state index is 0.388. The molecule has 4 heterocycles. The van der Waals surface area contributed by atoms with E-state index in [0.717, 1.165) is 34.9 Å². The van der Waals surface area contributed by atoms with Gasteiger partial charge in [0.25, 0.3) is 0 Å². The normalized spacial score (nSPS) is 20.0. The molecule has 0 aliphatic heterocycles. The molecule has 0 amide bonds. The fourth-order valence-corrected chi connectivity index (χ4v) is 6.27. The lowest BCUT2D eigenvalue weighted by Gasteiger charge is -2.33. The number of hydrogen-bond donors (Lipinski definition) is 1. The van der Waals surface area contributed by atoms with E-state index < -0.39 is 0 Å². The number of rotatable bonds is 5. The summed E-state index contributed by atoms with van der Waals surface area (Å²) < 4.78 is 1.87. The summed E-state index contributed by atoms with van der Waals surface area (Å²) in [5.41, 5.74) is 6.83. The van der Waals surface area contributed by atoms with Gasteiger partial charge >= 0.3 is 0 Å². The Morgan fingerprint density at radius 3 is 2.74 bits per heavy atom. The third-order valence-corrected chi connectivity index (χ3v) is 8.13. The van der Waals surface area contributed by atoms with E-state index in [1.54, 1.807) is 6.33 Å². The first-order valence-corrected chi connectivity index (χ1v) is 12.3. The average molecular weight is 437 g/mol. The molecule has 4 aromatic rings. The number of nitrogens with zero attached hydrogens (tertiary/aromatic N) is 5. The molecule has 31 heavy (non-hydrogen) atoms. The highest BCUT2D eigenvalue weighted by Crippen LogP contribution is 2.42. The first kappa shape index (κ1) is 20.6. The maximum atomic E-state index is 5.21. The van der Waals surface area contributed by atoms with E-state index in [4.69, 9.17) is 4.98 Å². The first-order chi connectivity index (χ1) is 15.0. The van der Waals surface area contributed by atoms with E-state index in [1.807, 2.05) is 15.9 Å². The molecule has 0 radical (unpaired) electrons. The fraction of sp³-hybridized carbons (Fsp3) is 0.542. The topological polar surface area (TPSA) is 62.1 Å². The van der Waals surface area contributed by atoms with Crippen LogP contribution in [0.1, 0.15) is 74.4 Å². The van der Waals surface area contributed by atoms with Crippen molar-refractivity contribution in [2.75, 3.05) is 13.6 Å². The largest absolute Gasteiger partial charge is 0.345 e. The molecule has 6 nitrogen and oxygen atoms in total. The van der Waals surface area contributed by atoms with Gasteiger partial charge in [0.05, 0.1) is 10.7 Å². The van der Waals surface area contributed by atoms with Gasteiger partial charge in [-0.2, -0.15) is 5.10 Å². The Morgan fingerprint density at radius 1 is 1.26 bits per heavy atom. The van der Waals surface area contributed by atoms with Gasteiger partial charge in [0.15, 0.2) is 5.65 Å². The highest BCUT2D eigenvalue weighted by Gasteiger charge is 2.28. The molecule has 0 spiro atoms. The molecule has 1 N–H and O–H groups in total. The molecule has 0 atom stereocenters. The molecule has 5 rings (SSSR count). The quantitative estimate of drug-likeness (QED) is 0.433. The number of aromatic nitrogens is 5. The van der Waals surface area contributed by atoms with E-state index >= 15 is 0 Å². The number of fused-ring (bicyclic) bond motifs is 2. The van der Waals surface area contributed by atoms with E-state index in [1.165, 1.54) is 46.8 Å². The monoisotopic (exact) mass is 436 g/mol. The molecular weight excluding hydrogens is 404 g/mol. The summed E-state index contributed by atoms with van der Waals surface area (Å²) in [4.78, 5) is 17.0. The fourth-order valence-electron chi connectivity index (χ4n) is 5.12. The minimum Gasteiger partial charge on any atom is -0.345 e. The van der Waals surface area contributed by atoms with Crippen LogP contribution < -0.4 is 0 Å². The highest BCUT2D eigenvalue weighted by molar-refractivity contribution is 7.18. The van der Waals surface area contributed by atoms with Gasteiger partial charge in [0.1, 0.15) is 16.7 Å². The molecule has 1 saturated carbocycles. The zero-order valence-electron chi connectivity index (χ0n) is 19.1. The summed E-state index contributed by atoms with van der Waals surface area (Å²) in [5.74, 6) is 0.990. The second-order valence-electron chi connectivity index (χ2n) is 9.32. The zero-order valence-corrected chi connectivity index (χ0v) is 20.0. The summed E-state index contributed by atoms with van der Waals surface area (Å²) >= 11 is 1.86. The van der Waals surface area contributed by atoms with Crippen LogP contribution >= 0.6 is 11.3 Å². The Labute approximate surface area is 187 Å². The third kappa shape index (κ3) is 3.57. The van der Waals surface area contributed by atoms with Crippen molar-refractivity contribution < 1.29 is 0 Å². The summed E-state index contributed by atoms with van der Waals surface area (Å²) in [6, 6.07) is 2.94. The van der Waals surface area contributed by atoms with Crippen LogP contribution in [-0.2, 0) is 0 Å². The summed E-state index contributed by atoms with van der Waals surface area (Å²) in [7, 11) is 2.26. The third-order valence-electron chi connectivity index (χ3n) is 7.00. The predicted molar refractivity (Wildman–Crippen MR) is 128 cm³/mol. The second kappa shape index (κ2) is 8.02. The lowest BCUT2D eigenvalue weighted by atomic mass is 9.86. The summed E-state index contributed by atoms with van der Waals surface area (Å²) in [6.07, 6.45) is 8.74. The van der Waals surface area contributed by atoms with Crippen LogP contribution in [0.2, 0.25) is 0 Å². The first-order valence-electron chi connectivity index (χ1n) is 11.5. The van der Waals surface area contributed by atoms with Crippen LogP contribution in [0.4, 0.5) is 0 Å². The van der Waals surface area contributed by atoms with Crippen LogP contribution in [0.15, 0.2) is 18.6 Å². The number of pyridine rings is 1. The minimum atomic E-state index is 0.388. The number of thiazole rings is 1. The molecule has 1 aliphatic carbocycles. The van der Waals surface area contributed by atoms with E-state index in [9.17, 15) is 0 Å². The van der Waals surface area contributed by atoms with Gasteiger partial charge in [-0.15, -0.1) is 11.3 Å². The Balaban J connectivity index is 1.49. The van der Waals surface area contributed by atoms with Crippen molar-refractivity contribution >= 4 is 27.3 Å². The predicted octanol–water partition coefficient (Wildman–Crippen LogP) is 5.74. The van der Waals surface area contributed by atoms with Crippen LogP contribution in [0.3, 0.4) is 0 Å². The van der Waals surface area contributed by atoms with E-state index in [2.05, 4.69) is 67.0 Å². The number of H-pyrrole nitrogens is 1. The molecule has 0 unspecified atom stereocenters. The van der Waals surface area contributed by atoms with Crippen molar-refractivity contribution in [3.8, 4) is 11.3 Å². The van der Waals surface area contributed by atoms with Crippen molar-refractivity contribution in [1.82, 2.24) is 29.5 Å². The molecule has 1 fully saturated rings. The van der Waals surface area contributed by atoms with Gasteiger partial charge in [0.2, 0.25) is 0 Å². The zero-order chi connectivity index (χ0) is 21.7. The van der Waals surface area contributed by atoms with Gasteiger partial charge in [-0.05, 0) is 63.7 Å². The van der Waals surface area contributed by atoms with Crippen molar-refractivity contribution in [2.45, 2.75) is 71.3 Å². The van der Waals surface area contributed by atoms with Crippen LogP contribution in [0.25, 0.3) is 27.3 Å². The highest BCUT2D eigenvalue weighted by atomic mass is 32.1. The maximum Gasteiger partial charge on any atom is 0.158 e. The molecule has 164 valence electrons. The van der Waals surface area contributed by atoms with Gasteiger partial charge in [-0.3, -0.25) is 0 Å². The Morgan fingerprint density at radius 2 is 2.03 bits per heavy atom. The van der Waals surface area contributed by atoms with Crippen LogP contribution in [-0.4, -0.2) is 49.1 Å². The molecular formula is C24H32N6S. The molecule has 0 aromatic carbocycles. The molecule has 7 heteroatoms. The molecule has 0 bridgehead atoms. The van der Waals surface area contributed by atoms with Gasteiger partial charge in [0, 0.05) is 29.3 Å². The average Bonchev–Trinajstić information content (AvgIpc) is 3.47. The standard InChI is InChI=1S/C24H32N6S/c1-6-29(5)18-9-7-16(8-10-18)23-28-21-19(14(2)3)20(27-24(21)31-23)17-11-15(4)22-25-13-26-30(22)12-17/h11-14,16,18,27H,6-10H2,1-5H3. The van der Waals surface area contributed by atoms with Gasteiger partial charge in [-0.1, -0.05) is 20.8 Å². The van der Waals surface area contributed by atoms with Gasteiger partial charge < -0.3 is 9.88 Å². The summed E-state index contributed by atoms with van der Waals surface area (Å²) in [5, 5.41) is 5.67. The second-order valence-corrected chi connectivity index (χ2v) is 10.3. The van der Waals surface area contributed by atoms with Crippen molar-refractivity contribution in [2.24, 2.45) is 0 Å². The summed E-state index contributed by atoms with van der Waals surface area (Å²) in [6.45, 7) is 10.0.